The van der Waals surface area contributed by atoms with Crippen molar-refractivity contribution in [3.8, 4) is 5.75 Å². The molecule has 0 aromatic heterocycles. The Kier molecular flexibility index (Phi) is 6.71. The molecule has 0 aliphatic carbocycles. The fourth-order valence-electron chi connectivity index (χ4n) is 3.48. The second-order valence-electron chi connectivity index (χ2n) is 7.19. The quantitative estimate of drug-likeness (QED) is 0.324. The van der Waals surface area contributed by atoms with Crippen molar-refractivity contribution in [3.05, 3.63) is 59.4 Å². The smallest absolute Gasteiger partial charge is 0.416 e. The molecule has 0 unspecified atom stereocenters. The summed E-state index contributed by atoms with van der Waals surface area (Å²) in [6.07, 6.45) is -1.55. The van der Waals surface area contributed by atoms with Crippen molar-refractivity contribution in [1.29, 1.82) is 0 Å². The first-order chi connectivity index (χ1) is 14.3. The lowest BCUT2D eigenvalue weighted by Gasteiger charge is -2.32. The molecule has 2 aromatic carbocycles. The Morgan fingerprint density at radius 1 is 1.17 bits per heavy atom. The summed E-state index contributed by atoms with van der Waals surface area (Å²) in [5.41, 5.74) is 0.208. The summed E-state index contributed by atoms with van der Waals surface area (Å²) in [6.45, 7) is 1.96. The molecule has 1 fully saturated rings. The van der Waals surface area contributed by atoms with Crippen LogP contribution in [0.15, 0.2) is 52.6 Å². The van der Waals surface area contributed by atoms with E-state index in [1.807, 2.05) is 12.1 Å². The molecule has 1 saturated heterocycles. The molecule has 0 amide bonds. The third-order valence-corrected chi connectivity index (χ3v) is 5.11. The zero-order valence-electron chi connectivity index (χ0n) is 16.1. The Labute approximate surface area is 171 Å². The Bertz CT molecular complexity index is 935. The molecule has 160 valence electrons. The molecule has 3 rings (SSSR count). The van der Waals surface area contributed by atoms with E-state index in [1.54, 1.807) is 12.1 Å². The van der Waals surface area contributed by atoms with Crippen LogP contribution in [0.1, 0.15) is 29.9 Å². The van der Waals surface area contributed by atoms with E-state index < -0.39 is 17.6 Å². The van der Waals surface area contributed by atoms with Gasteiger partial charge in [0.2, 0.25) is 0 Å². The van der Waals surface area contributed by atoms with Gasteiger partial charge in [0.1, 0.15) is 11.6 Å². The second kappa shape index (κ2) is 9.25. The van der Waals surface area contributed by atoms with Crippen molar-refractivity contribution in [2.45, 2.75) is 24.9 Å². The Morgan fingerprint density at radius 2 is 1.90 bits per heavy atom. The van der Waals surface area contributed by atoms with Crippen LogP contribution in [0.4, 0.5) is 23.2 Å². The molecule has 0 bridgehead atoms. The number of hydrogen-bond donors (Lipinski definition) is 2. The lowest BCUT2D eigenvalue weighted by molar-refractivity contribution is -0.137. The van der Waals surface area contributed by atoms with Crippen molar-refractivity contribution in [3.63, 3.8) is 0 Å². The number of benzene rings is 2. The number of phenolic OH excluding ortho intramolecular Hbond substituents is 1. The van der Waals surface area contributed by atoms with Crippen LogP contribution >= 0.6 is 0 Å². The number of likely N-dealkylation sites (tertiary alicyclic amines) is 1. The minimum atomic E-state index is -4.61. The van der Waals surface area contributed by atoms with Gasteiger partial charge in [0.05, 0.1) is 23.2 Å². The molecule has 0 spiro atoms. The number of aromatic hydroxyl groups is 1. The number of nitrogens with two attached hydrogens (primary N) is 1. The first-order valence-corrected chi connectivity index (χ1v) is 9.45. The van der Waals surface area contributed by atoms with Gasteiger partial charge in [-0.05, 0) is 67.7 Å². The van der Waals surface area contributed by atoms with Crippen LogP contribution in [0.5, 0.6) is 5.75 Å². The average molecular weight is 422 g/mol. The summed E-state index contributed by atoms with van der Waals surface area (Å²) in [7, 11) is 0. The highest BCUT2D eigenvalue weighted by Crippen LogP contribution is 2.32. The molecule has 1 aliphatic heterocycles. The molecule has 1 aliphatic rings. The molecular weight excluding hydrogens is 400 g/mol. The third-order valence-electron chi connectivity index (χ3n) is 5.11. The van der Waals surface area contributed by atoms with Crippen molar-refractivity contribution in [2.24, 2.45) is 15.9 Å². The summed E-state index contributed by atoms with van der Waals surface area (Å²) in [5, 5.41) is 13.3. The fourth-order valence-corrected chi connectivity index (χ4v) is 3.48. The monoisotopic (exact) mass is 422 g/mol. The summed E-state index contributed by atoms with van der Waals surface area (Å²) < 4.78 is 51.8. The predicted molar refractivity (Wildman–Crippen MR) is 108 cm³/mol. The highest BCUT2D eigenvalue weighted by molar-refractivity contribution is 6.32. The second-order valence-corrected chi connectivity index (χ2v) is 7.19. The number of hydrogen-bond acceptors (Lipinski definition) is 5. The van der Waals surface area contributed by atoms with E-state index in [9.17, 15) is 22.7 Å². The van der Waals surface area contributed by atoms with Gasteiger partial charge in [-0.2, -0.15) is 18.3 Å². The van der Waals surface area contributed by atoms with Crippen LogP contribution in [0.25, 0.3) is 0 Å². The van der Waals surface area contributed by atoms with E-state index in [-0.39, 0.29) is 11.4 Å². The minimum absolute atomic E-state index is 0.216. The van der Waals surface area contributed by atoms with E-state index in [1.165, 1.54) is 6.21 Å². The van der Waals surface area contributed by atoms with Crippen LogP contribution in [0, 0.1) is 5.82 Å². The highest BCUT2D eigenvalue weighted by atomic mass is 19.4. The van der Waals surface area contributed by atoms with Gasteiger partial charge in [0.15, 0.2) is 0 Å². The molecule has 1 heterocycles. The van der Waals surface area contributed by atoms with Gasteiger partial charge in [-0.3, -0.25) is 9.89 Å². The fraction of sp³-hybridized carbons (Fsp3) is 0.333. The Balaban J connectivity index is 1.58. The molecule has 0 saturated carbocycles. The number of alkyl halides is 3. The van der Waals surface area contributed by atoms with Gasteiger partial charge in [-0.25, -0.2) is 4.39 Å². The van der Waals surface area contributed by atoms with E-state index in [0.717, 1.165) is 43.6 Å². The lowest BCUT2D eigenvalue weighted by Crippen LogP contribution is -2.37. The number of aliphatic imine (C=N–C) groups is 1. The maximum atomic E-state index is 13.9. The third kappa shape index (κ3) is 5.56. The van der Waals surface area contributed by atoms with Crippen molar-refractivity contribution in [2.75, 3.05) is 19.6 Å². The van der Waals surface area contributed by atoms with Gasteiger partial charge in [-0.15, -0.1) is 0 Å². The Hall–Kier alpha value is -2.94. The SMILES string of the molecule is NN=C(C=Nc1ccc(C(F)(F)F)cc1F)CN1CCC(c2cccc(O)c2)CC1. The summed E-state index contributed by atoms with van der Waals surface area (Å²) in [6, 6.07) is 9.41. The number of rotatable bonds is 5. The van der Waals surface area contributed by atoms with Gasteiger partial charge in [0.25, 0.3) is 0 Å². The number of nitrogens with zero attached hydrogens (tertiary/aromatic N) is 3. The van der Waals surface area contributed by atoms with Crippen LogP contribution in [-0.2, 0) is 6.18 Å². The standard InChI is InChI=1S/C21H22F4N4O/c22-19-11-16(21(23,24)25)4-5-20(19)27-12-17(28-26)13-29-8-6-14(7-9-29)15-2-1-3-18(30)10-15/h1-5,10-12,14,30H,6-9,13,26H2. The molecule has 2 aromatic rings. The lowest BCUT2D eigenvalue weighted by atomic mass is 9.89. The van der Waals surface area contributed by atoms with E-state index in [4.69, 9.17) is 5.84 Å². The van der Waals surface area contributed by atoms with Gasteiger partial charge >= 0.3 is 6.18 Å². The normalized spacial score (nSPS) is 17.0. The van der Waals surface area contributed by atoms with Gasteiger partial charge in [0, 0.05) is 6.54 Å². The number of hydrazone groups is 1. The van der Waals surface area contributed by atoms with Crippen molar-refractivity contribution in [1.82, 2.24) is 4.90 Å². The maximum absolute atomic E-state index is 13.9. The molecular formula is C21H22F4N4O. The number of halogens is 4. The largest absolute Gasteiger partial charge is 0.508 e. The first kappa shape index (κ1) is 21.8. The van der Waals surface area contributed by atoms with Crippen LogP contribution < -0.4 is 5.84 Å². The van der Waals surface area contributed by atoms with Gasteiger partial charge in [-0.1, -0.05) is 12.1 Å². The van der Waals surface area contributed by atoms with Crippen LogP contribution in [0.2, 0.25) is 0 Å². The zero-order valence-corrected chi connectivity index (χ0v) is 16.1. The highest BCUT2D eigenvalue weighted by Gasteiger charge is 2.31. The van der Waals surface area contributed by atoms with E-state index >= 15 is 0 Å². The van der Waals surface area contributed by atoms with E-state index in [0.29, 0.717) is 24.2 Å². The number of phenols is 1. The average Bonchev–Trinajstić information content (AvgIpc) is 2.71. The predicted octanol–water partition coefficient (Wildman–Crippen LogP) is 4.45. The van der Waals surface area contributed by atoms with Crippen molar-refractivity contribution >= 4 is 17.6 Å². The van der Waals surface area contributed by atoms with Crippen LogP contribution in [-0.4, -0.2) is 41.6 Å². The summed E-state index contributed by atoms with van der Waals surface area (Å²) in [4.78, 5) is 6.03. The molecule has 30 heavy (non-hydrogen) atoms. The first-order valence-electron chi connectivity index (χ1n) is 9.45. The Morgan fingerprint density at radius 3 is 2.50 bits per heavy atom. The zero-order chi connectivity index (χ0) is 21.7. The maximum Gasteiger partial charge on any atom is 0.416 e. The van der Waals surface area contributed by atoms with Gasteiger partial charge < -0.3 is 10.9 Å². The molecule has 3 N–H and O–H groups in total. The van der Waals surface area contributed by atoms with Crippen molar-refractivity contribution < 1.29 is 22.7 Å². The minimum Gasteiger partial charge on any atom is -0.508 e. The molecule has 0 atom stereocenters. The molecule has 0 radical (unpaired) electrons. The molecule has 9 heteroatoms. The van der Waals surface area contributed by atoms with Crippen LogP contribution in [0.3, 0.4) is 0 Å². The molecule has 5 nitrogen and oxygen atoms in total. The summed E-state index contributed by atoms with van der Waals surface area (Å²) in [5.74, 6) is 4.94. The summed E-state index contributed by atoms with van der Waals surface area (Å²) >= 11 is 0. The van der Waals surface area contributed by atoms with E-state index in [2.05, 4.69) is 15.0 Å². The number of piperidine rings is 1. The topological polar surface area (TPSA) is 74.2 Å².